The lowest BCUT2D eigenvalue weighted by Gasteiger charge is -2.17. The summed E-state index contributed by atoms with van der Waals surface area (Å²) in [5.41, 5.74) is 0.586. The Hall–Kier alpha value is -2.58. The molecule has 2 aromatic carbocycles. The number of hydrogen-bond donors (Lipinski definition) is 1. The minimum atomic E-state index is -3.54. The van der Waals surface area contributed by atoms with Gasteiger partial charge in [-0.25, -0.2) is 12.7 Å². The Labute approximate surface area is 160 Å². The number of nitrogens with zero attached hydrogens (tertiary/aromatic N) is 1. The first-order chi connectivity index (χ1) is 12.9. The summed E-state index contributed by atoms with van der Waals surface area (Å²) in [6, 6.07) is 13.3. The fourth-order valence-electron chi connectivity index (χ4n) is 2.49. The van der Waals surface area contributed by atoms with Crippen molar-refractivity contribution >= 4 is 21.6 Å². The van der Waals surface area contributed by atoms with Gasteiger partial charge < -0.3 is 14.8 Å². The van der Waals surface area contributed by atoms with Gasteiger partial charge in [-0.15, -0.1) is 0 Å². The van der Waals surface area contributed by atoms with E-state index in [1.807, 2.05) is 0 Å². The number of sulfonamides is 1. The molecule has 0 saturated carbocycles. The Morgan fingerprint density at radius 2 is 1.70 bits per heavy atom. The molecule has 0 bridgehead atoms. The molecule has 0 spiro atoms. The summed E-state index contributed by atoms with van der Waals surface area (Å²) in [6.45, 7) is 0.247. The number of methoxy groups -OCH3 is 2. The molecule has 2 rings (SSSR count). The number of ether oxygens (including phenoxy) is 2. The minimum Gasteiger partial charge on any atom is -0.493 e. The Balaban J connectivity index is 1.87. The lowest BCUT2D eigenvalue weighted by molar-refractivity contribution is -0.116. The number of carbonyl (C=O) groups excluding carboxylic acids is 1. The number of rotatable bonds is 9. The topological polar surface area (TPSA) is 84.9 Å². The highest BCUT2D eigenvalue weighted by atomic mass is 32.2. The molecule has 0 atom stereocenters. The number of carbonyl (C=O) groups is 1. The third kappa shape index (κ3) is 5.45. The Morgan fingerprint density at radius 1 is 1.04 bits per heavy atom. The van der Waals surface area contributed by atoms with E-state index in [4.69, 9.17) is 9.47 Å². The molecule has 0 radical (unpaired) electrons. The van der Waals surface area contributed by atoms with Gasteiger partial charge in [0.25, 0.3) is 0 Å². The van der Waals surface area contributed by atoms with E-state index in [0.29, 0.717) is 23.6 Å². The second kappa shape index (κ2) is 9.38. The third-order valence-electron chi connectivity index (χ3n) is 4.00. The fraction of sp³-hybridized carbons (Fsp3) is 0.316. The van der Waals surface area contributed by atoms with Gasteiger partial charge in [0.2, 0.25) is 15.9 Å². The lowest BCUT2D eigenvalue weighted by Crippen LogP contribution is -2.28. The normalized spacial score (nSPS) is 11.3. The molecule has 0 saturated heterocycles. The molecule has 8 heteroatoms. The molecule has 0 unspecified atom stereocenters. The number of nitrogens with one attached hydrogen (secondary N) is 1. The first-order valence-corrected chi connectivity index (χ1v) is 9.85. The summed E-state index contributed by atoms with van der Waals surface area (Å²) in [4.78, 5) is 12.4. The van der Waals surface area contributed by atoms with Crippen molar-refractivity contribution in [3.05, 3.63) is 48.5 Å². The largest absolute Gasteiger partial charge is 0.493 e. The van der Waals surface area contributed by atoms with Crippen LogP contribution in [0.3, 0.4) is 0 Å². The highest BCUT2D eigenvalue weighted by Crippen LogP contribution is 2.29. The SMILES string of the molecule is COc1ccc(NC(=O)CCCN(C)S(=O)(=O)c2ccccc2)cc1OC. The van der Waals surface area contributed by atoms with Gasteiger partial charge in [-0.1, -0.05) is 18.2 Å². The van der Waals surface area contributed by atoms with Crippen molar-refractivity contribution in [1.29, 1.82) is 0 Å². The van der Waals surface area contributed by atoms with Crippen LogP contribution in [0.2, 0.25) is 0 Å². The van der Waals surface area contributed by atoms with Crippen molar-refractivity contribution in [2.45, 2.75) is 17.7 Å². The number of anilines is 1. The molecule has 0 aliphatic rings. The third-order valence-corrected chi connectivity index (χ3v) is 5.87. The van der Waals surface area contributed by atoms with Crippen LogP contribution in [0.4, 0.5) is 5.69 Å². The van der Waals surface area contributed by atoms with Gasteiger partial charge in [0.1, 0.15) is 0 Å². The quantitative estimate of drug-likeness (QED) is 0.709. The molecule has 0 fully saturated rings. The van der Waals surface area contributed by atoms with Crippen molar-refractivity contribution in [3.63, 3.8) is 0 Å². The van der Waals surface area contributed by atoms with Crippen molar-refractivity contribution in [2.24, 2.45) is 0 Å². The smallest absolute Gasteiger partial charge is 0.242 e. The average molecular weight is 392 g/mol. The van der Waals surface area contributed by atoms with Gasteiger partial charge in [-0.05, 0) is 30.7 Å². The van der Waals surface area contributed by atoms with E-state index in [2.05, 4.69) is 5.32 Å². The molecule has 0 aliphatic heterocycles. The van der Waals surface area contributed by atoms with Gasteiger partial charge in [-0.3, -0.25) is 4.79 Å². The van der Waals surface area contributed by atoms with E-state index >= 15 is 0 Å². The molecule has 27 heavy (non-hydrogen) atoms. The molecule has 146 valence electrons. The minimum absolute atomic E-state index is 0.197. The maximum atomic E-state index is 12.4. The van der Waals surface area contributed by atoms with Gasteiger partial charge >= 0.3 is 0 Å². The Morgan fingerprint density at radius 3 is 2.33 bits per heavy atom. The van der Waals surface area contributed by atoms with E-state index in [-0.39, 0.29) is 23.8 Å². The number of amides is 1. The summed E-state index contributed by atoms with van der Waals surface area (Å²) in [5, 5.41) is 2.77. The van der Waals surface area contributed by atoms with Gasteiger partial charge in [0.15, 0.2) is 11.5 Å². The summed E-state index contributed by atoms with van der Waals surface area (Å²) < 4.78 is 36.5. The second-order valence-electron chi connectivity index (χ2n) is 5.86. The highest BCUT2D eigenvalue weighted by molar-refractivity contribution is 7.89. The van der Waals surface area contributed by atoms with Crippen molar-refractivity contribution < 1.29 is 22.7 Å². The summed E-state index contributed by atoms with van der Waals surface area (Å²) in [5.74, 6) is 0.889. The van der Waals surface area contributed by atoms with Crippen LogP contribution >= 0.6 is 0 Å². The molecule has 1 amide bonds. The monoisotopic (exact) mass is 392 g/mol. The maximum Gasteiger partial charge on any atom is 0.242 e. The standard InChI is InChI=1S/C19H24N2O5S/c1-21(27(23,24)16-8-5-4-6-9-16)13-7-10-19(22)20-15-11-12-17(25-2)18(14-15)26-3/h4-6,8-9,11-12,14H,7,10,13H2,1-3H3,(H,20,22). The van der Waals surface area contributed by atoms with Crippen molar-refractivity contribution in [1.82, 2.24) is 4.31 Å². The van der Waals surface area contributed by atoms with Gasteiger partial charge in [-0.2, -0.15) is 0 Å². The van der Waals surface area contributed by atoms with Crippen LogP contribution in [0.1, 0.15) is 12.8 Å². The van der Waals surface area contributed by atoms with Crippen LogP contribution in [0.25, 0.3) is 0 Å². The molecule has 2 aromatic rings. The van der Waals surface area contributed by atoms with Crippen LogP contribution in [0.15, 0.2) is 53.4 Å². The molecule has 0 aromatic heterocycles. The molecule has 7 nitrogen and oxygen atoms in total. The molecule has 0 aliphatic carbocycles. The zero-order valence-electron chi connectivity index (χ0n) is 15.6. The Bertz CT molecular complexity index is 869. The zero-order chi connectivity index (χ0) is 19.9. The maximum absolute atomic E-state index is 12.4. The van der Waals surface area contributed by atoms with E-state index in [1.54, 1.807) is 48.5 Å². The van der Waals surface area contributed by atoms with Gasteiger partial charge in [0, 0.05) is 31.8 Å². The van der Waals surface area contributed by atoms with Crippen LogP contribution in [-0.2, 0) is 14.8 Å². The second-order valence-corrected chi connectivity index (χ2v) is 7.91. The van der Waals surface area contributed by atoms with Crippen molar-refractivity contribution in [2.75, 3.05) is 33.1 Å². The van der Waals surface area contributed by atoms with Crippen LogP contribution < -0.4 is 14.8 Å². The van der Waals surface area contributed by atoms with Crippen LogP contribution in [0, 0.1) is 0 Å². The van der Waals surface area contributed by atoms with Crippen LogP contribution in [-0.4, -0.2) is 46.4 Å². The van der Waals surface area contributed by atoms with Crippen LogP contribution in [0.5, 0.6) is 11.5 Å². The first kappa shape index (κ1) is 20.7. The number of benzene rings is 2. The van der Waals surface area contributed by atoms with E-state index in [9.17, 15) is 13.2 Å². The summed E-state index contributed by atoms with van der Waals surface area (Å²) in [6.07, 6.45) is 0.602. The fourth-order valence-corrected chi connectivity index (χ4v) is 3.72. The van der Waals surface area contributed by atoms with Gasteiger partial charge in [0.05, 0.1) is 19.1 Å². The molecular weight excluding hydrogens is 368 g/mol. The van der Waals surface area contributed by atoms with Crippen molar-refractivity contribution in [3.8, 4) is 11.5 Å². The molecular formula is C19H24N2O5S. The van der Waals surface area contributed by atoms with E-state index in [0.717, 1.165) is 0 Å². The number of hydrogen-bond acceptors (Lipinski definition) is 5. The lowest BCUT2D eigenvalue weighted by atomic mass is 10.2. The van der Waals surface area contributed by atoms with E-state index < -0.39 is 10.0 Å². The summed E-state index contributed by atoms with van der Waals surface area (Å²) in [7, 11) is 1.03. The zero-order valence-corrected chi connectivity index (χ0v) is 16.5. The molecule has 0 heterocycles. The average Bonchev–Trinajstić information content (AvgIpc) is 2.68. The van der Waals surface area contributed by atoms with E-state index in [1.165, 1.54) is 25.6 Å². The summed E-state index contributed by atoms with van der Waals surface area (Å²) >= 11 is 0. The predicted octanol–water partition coefficient (Wildman–Crippen LogP) is 2.74. The predicted molar refractivity (Wildman–Crippen MR) is 104 cm³/mol. The molecule has 1 N–H and O–H groups in total. The Kier molecular flexibility index (Phi) is 7.20. The highest BCUT2D eigenvalue weighted by Gasteiger charge is 2.20. The first-order valence-electron chi connectivity index (χ1n) is 8.41.